The summed E-state index contributed by atoms with van der Waals surface area (Å²) in [7, 11) is 0. The van der Waals surface area contributed by atoms with Crippen LogP contribution in [-0.2, 0) is 11.3 Å². The average Bonchev–Trinajstić information content (AvgIpc) is 3.31. The summed E-state index contributed by atoms with van der Waals surface area (Å²) in [5.41, 5.74) is 5.31. The van der Waals surface area contributed by atoms with Gasteiger partial charge in [-0.15, -0.1) is 0 Å². The number of rotatable bonds is 4. The van der Waals surface area contributed by atoms with E-state index < -0.39 is 0 Å². The normalized spacial score (nSPS) is 16.5. The number of imidazole rings is 1. The summed E-state index contributed by atoms with van der Waals surface area (Å²) in [4.78, 5) is 19.8. The van der Waals surface area contributed by atoms with Crippen LogP contribution in [0.25, 0.3) is 11.0 Å². The molecule has 0 saturated carbocycles. The van der Waals surface area contributed by atoms with Crippen LogP contribution >= 0.6 is 11.6 Å². The van der Waals surface area contributed by atoms with Gasteiger partial charge in [0.2, 0.25) is 5.91 Å². The molecule has 1 saturated heterocycles. The van der Waals surface area contributed by atoms with Crippen molar-refractivity contribution in [1.29, 1.82) is 0 Å². The van der Waals surface area contributed by atoms with Gasteiger partial charge in [0.05, 0.1) is 11.0 Å². The molecule has 0 spiro atoms. The molecule has 3 aromatic carbocycles. The summed E-state index contributed by atoms with van der Waals surface area (Å²) in [5.74, 6) is 1.17. The summed E-state index contributed by atoms with van der Waals surface area (Å²) in [6.45, 7) is 3.39. The number of aromatic nitrogens is 2. The van der Waals surface area contributed by atoms with E-state index in [-0.39, 0.29) is 11.8 Å². The van der Waals surface area contributed by atoms with Gasteiger partial charge in [0, 0.05) is 36.1 Å². The molecule has 1 aromatic heterocycles. The lowest BCUT2D eigenvalue weighted by atomic mass is 10.1. The molecule has 150 valence electrons. The van der Waals surface area contributed by atoms with E-state index in [0.29, 0.717) is 19.5 Å². The Kier molecular flexibility index (Phi) is 4.80. The topological polar surface area (TPSA) is 38.1 Å². The first-order valence-electron chi connectivity index (χ1n) is 10.2. The van der Waals surface area contributed by atoms with E-state index in [9.17, 15) is 4.79 Å². The molecule has 4 nitrogen and oxygen atoms in total. The van der Waals surface area contributed by atoms with E-state index in [1.165, 1.54) is 0 Å². The van der Waals surface area contributed by atoms with Crippen molar-refractivity contribution in [2.45, 2.75) is 25.8 Å². The minimum atomic E-state index is 0.0526. The van der Waals surface area contributed by atoms with E-state index in [4.69, 9.17) is 16.6 Å². The van der Waals surface area contributed by atoms with Gasteiger partial charge in [0.1, 0.15) is 5.82 Å². The molecule has 0 aliphatic carbocycles. The lowest BCUT2D eigenvalue weighted by Crippen LogP contribution is -2.25. The third kappa shape index (κ3) is 3.37. The van der Waals surface area contributed by atoms with Crippen LogP contribution in [-0.4, -0.2) is 22.0 Å². The number of halogens is 1. The fraction of sp³-hybridized carbons (Fsp3) is 0.200. The SMILES string of the molecule is Cc1ccccc1N1C[C@H](c2nc3ccccc3n2Cc2ccc(Cl)cc2)CC1=O. The quantitative estimate of drug-likeness (QED) is 0.437. The lowest BCUT2D eigenvalue weighted by molar-refractivity contribution is -0.117. The maximum absolute atomic E-state index is 12.9. The van der Waals surface area contributed by atoms with Crippen LogP contribution in [0.3, 0.4) is 0 Å². The number of aryl methyl sites for hydroxylation is 1. The second-order valence-corrected chi connectivity index (χ2v) is 8.30. The Morgan fingerprint density at radius 1 is 1.00 bits per heavy atom. The van der Waals surface area contributed by atoms with Gasteiger partial charge >= 0.3 is 0 Å². The second kappa shape index (κ2) is 7.62. The van der Waals surface area contributed by atoms with E-state index in [0.717, 1.165) is 38.7 Å². The van der Waals surface area contributed by atoms with Crippen LogP contribution < -0.4 is 4.90 Å². The molecule has 4 aromatic rings. The summed E-state index contributed by atoms with van der Waals surface area (Å²) in [5, 5.41) is 0.727. The Morgan fingerprint density at radius 3 is 2.53 bits per heavy atom. The lowest BCUT2D eigenvalue weighted by Gasteiger charge is -2.19. The summed E-state index contributed by atoms with van der Waals surface area (Å²) in [6, 6.07) is 24.1. The molecule has 5 heteroatoms. The van der Waals surface area contributed by atoms with Crippen LogP contribution in [0.4, 0.5) is 5.69 Å². The van der Waals surface area contributed by atoms with Crippen molar-refractivity contribution in [3.63, 3.8) is 0 Å². The Balaban J connectivity index is 1.53. The van der Waals surface area contributed by atoms with Crippen molar-refractivity contribution in [1.82, 2.24) is 9.55 Å². The molecule has 0 unspecified atom stereocenters. The maximum Gasteiger partial charge on any atom is 0.227 e. The van der Waals surface area contributed by atoms with Gasteiger partial charge in [-0.2, -0.15) is 0 Å². The first-order valence-corrected chi connectivity index (χ1v) is 10.5. The van der Waals surface area contributed by atoms with Crippen LogP contribution in [0.1, 0.15) is 29.3 Å². The first-order chi connectivity index (χ1) is 14.6. The highest BCUT2D eigenvalue weighted by Crippen LogP contribution is 2.34. The molecule has 0 radical (unpaired) electrons. The van der Waals surface area contributed by atoms with Gasteiger partial charge in [0.25, 0.3) is 0 Å². The number of hydrogen-bond donors (Lipinski definition) is 0. The number of nitrogens with zero attached hydrogens (tertiary/aromatic N) is 3. The number of carbonyl (C=O) groups is 1. The summed E-state index contributed by atoms with van der Waals surface area (Å²) < 4.78 is 2.25. The van der Waals surface area contributed by atoms with Crippen molar-refractivity contribution in [2.24, 2.45) is 0 Å². The molecule has 1 fully saturated rings. The Labute approximate surface area is 180 Å². The zero-order valence-electron chi connectivity index (χ0n) is 16.8. The predicted octanol–water partition coefficient (Wildman–Crippen LogP) is 5.57. The van der Waals surface area contributed by atoms with Crippen molar-refractivity contribution in [3.8, 4) is 0 Å². The molecule has 1 atom stereocenters. The highest BCUT2D eigenvalue weighted by Gasteiger charge is 2.35. The highest BCUT2D eigenvalue weighted by molar-refractivity contribution is 6.30. The largest absolute Gasteiger partial charge is 0.323 e. The number of benzene rings is 3. The third-order valence-electron chi connectivity index (χ3n) is 5.83. The Hall–Kier alpha value is -3.11. The molecule has 1 aliphatic heterocycles. The third-order valence-corrected chi connectivity index (χ3v) is 6.09. The number of para-hydroxylation sites is 3. The number of hydrogen-bond acceptors (Lipinski definition) is 2. The molecule has 30 heavy (non-hydrogen) atoms. The van der Waals surface area contributed by atoms with E-state index >= 15 is 0 Å². The van der Waals surface area contributed by atoms with Crippen molar-refractivity contribution in [3.05, 3.63) is 94.8 Å². The van der Waals surface area contributed by atoms with Gasteiger partial charge in [-0.1, -0.05) is 54.1 Å². The van der Waals surface area contributed by atoms with Gasteiger partial charge in [-0.25, -0.2) is 4.98 Å². The van der Waals surface area contributed by atoms with Crippen LogP contribution in [0, 0.1) is 6.92 Å². The minimum Gasteiger partial charge on any atom is -0.323 e. The van der Waals surface area contributed by atoms with Crippen LogP contribution in [0.5, 0.6) is 0 Å². The molecule has 1 amide bonds. The van der Waals surface area contributed by atoms with E-state index in [2.05, 4.69) is 10.6 Å². The minimum absolute atomic E-state index is 0.0526. The monoisotopic (exact) mass is 415 g/mol. The number of fused-ring (bicyclic) bond motifs is 1. The van der Waals surface area contributed by atoms with Crippen molar-refractivity contribution >= 4 is 34.2 Å². The average molecular weight is 416 g/mol. The number of carbonyl (C=O) groups excluding carboxylic acids is 1. The zero-order chi connectivity index (χ0) is 20.7. The predicted molar refractivity (Wildman–Crippen MR) is 121 cm³/mol. The van der Waals surface area contributed by atoms with Crippen molar-refractivity contribution < 1.29 is 4.79 Å². The molecular weight excluding hydrogens is 394 g/mol. The fourth-order valence-corrected chi connectivity index (χ4v) is 4.45. The van der Waals surface area contributed by atoms with Gasteiger partial charge < -0.3 is 9.47 Å². The highest BCUT2D eigenvalue weighted by atomic mass is 35.5. The maximum atomic E-state index is 12.9. The Morgan fingerprint density at radius 2 is 1.73 bits per heavy atom. The van der Waals surface area contributed by atoms with Gasteiger partial charge in [0.15, 0.2) is 0 Å². The summed E-state index contributed by atoms with van der Waals surface area (Å²) >= 11 is 6.06. The molecule has 2 heterocycles. The van der Waals surface area contributed by atoms with Crippen LogP contribution in [0.2, 0.25) is 5.02 Å². The van der Waals surface area contributed by atoms with Gasteiger partial charge in [-0.3, -0.25) is 4.79 Å². The second-order valence-electron chi connectivity index (χ2n) is 7.86. The van der Waals surface area contributed by atoms with E-state index in [1.54, 1.807) is 0 Å². The first kappa shape index (κ1) is 18.9. The zero-order valence-corrected chi connectivity index (χ0v) is 17.5. The molecule has 0 N–H and O–H groups in total. The standard InChI is InChI=1S/C25H22ClN3O/c1-17-6-2-4-8-22(17)28-16-19(14-24(28)30)25-27-21-7-3-5-9-23(21)29(25)15-18-10-12-20(26)13-11-18/h2-13,19H,14-16H2,1H3/t19-/m1/s1. The fourth-order valence-electron chi connectivity index (χ4n) is 4.32. The number of amides is 1. The molecular formula is C25H22ClN3O. The van der Waals surface area contributed by atoms with Crippen molar-refractivity contribution in [2.75, 3.05) is 11.4 Å². The molecule has 5 rings (SSSR count). The molecule has 1 aliphatic rings. The number of anilines is 1. The molecule has 0 bridgehead atoms. The van der Waals surface area contributed by atoms with E-state index in [1.807, 2.05) is 78.6 Å². The summed E-state index contributed by atoms with van der Waals surface area (Å²) in [6.07, 6.45) is 0.471. The smallest absolute Gasteiger partial charge is 0.227 e. The van der Waals surface area contributed by atoms with Crippen LogP contribution in [0.15, 0.2) is 72.8 Å². The Bertz CT molecular complexity index is 1230. The van der Waals surface area contributed by atoms with Gasteiger partial charge in [-0.05, 0) is 48.4 Å².